The zero-order valence-corrected chi connectivity index (χ0v) is 14.6. The summed E-state index contributed by atoms with van der Waals surface area (Å²) in [5, 5.41) is 4.26. The second-order valence-corrected chi connectivity index (χ2v) is 7.19. The molecule has 2 aliphatic heterocycles. The number of nitrogens with one attached hydrogen (secondary N) is 1. The highest BCUT2D eigenvalue weighted by Crippen LogP contribution is 2.45. The molecule has 1 aromatic carbocycles. The maximum absolute atomic E-state index is 11.5. The molecular formula is C17H21Cl2NO3. The first-order valence-corrected chi connectivity index (χ1v) is 8.71. The van der Waals surface area contributed by atoms with E-state index in [1.807, 2.05) is 18.2 Å². The molecule has 3 rings (SSSR count). The SMILES string of the molecule is CC(=O)N[C@@H]1C[C@H](c2c(Cl)cccc2Cl)OC2(CCOCC2)C1. The van der Waals surface area contributed by atoms with Gasteiger partial charge in [0.1, 0.15) is 0 Å². The molecule has 2 aliphatic rings. The van der Waals surface area contributed by atoms with Gasteiger partial charge in [0.15, 0.2) is 0 Å². The van der Waals surface area contributed by atoms with Crippen molar-refractivity contribution in [2.24, 2.45) is 0 Å². The average Bonchev–Trinajstić information content (AvgIpc) is 2.46. The summed E-state index contributed by atoms with van der Waals surface area (Å²) in [5.74, 6) is -0.0249. The van der Waals surface area contributed by atoms with Crippen LogP contribution in [0.3, 0.4) is 0 Å². The van der Waals surface area contributed by atoms with Crippen molar-refractivity contribution < 1.29 is 14.3 Å². The van der Waals surface area contributed by atoms with Crippen LogP contribution in [0.4, 0.5) is 0 Å². The van der Waals surface area contributed by atoms with Crippen molar-refractivity contribution in [1.29, 1.82) is 0 Å². The zero-order valence-electron chi connectivity index (χ0n) is 13.1. The van der Waals surface area contributed by atoms with Crippen molar-refractivity contribution in [3.8, 4) is 0 Å². The van der Waals surface area contributed by atoms with E-state index in [1.165, 1.54) is 0 Å². The van der Waals surface area contributed by atoms with Gasteiger partial charge >= 0.3 is 0 Å². The molecule has 0 aromatic heterocycles. The Bertz CT molecular complexity index is 567. The highest BCUT2D eigenvalue weighted by molar-refractivity contribution is 6.36. The molecule has 2 saturated heterocycles. The van der Waals surface area contributed by atoms with Gasteiger partial charge in [-0.25, -0.2) is 0 Å². The predicted octanol–water partition coefficient (Wildman–Crippen LogP) is 3.90. The third-order valence-corrected chi connectivity index (χ3v) is 5.30. The molecule has 2 fully saturated rings. The summed E-state index contributed by atoms with van der Waals surface area (Å²) in [7, 11) is 0. The van der Waals surface area contributed by atoms with Crippen molar-refractivity contribution in [3.05, 3.63) is 33.8 Å². The van der Waals surface area contributed by atoms with E-state index < -0.39 is 0 Å². The maximum atomic E-state index is 11.5. The highest BCUT2D eigenvalue weighted by atomic mass is 35.5. The summed E-state index contributed by atoms with van der Waals surface area (Å²) in [4.78, 5) is 11.5. The monoisotopic (exact) mass is 357 g/mol. The zero-order chi connectivity index (χ0) is 16.4. The number of halogens is 2. The number of benzene rings is 1. The van der Waals surface area contributed by atoms with E-state index in [0.29, 0.717) is 29.7 Å². The van der Waals surface area contributed by atoms with Crippen molar-refractivity contribution in [1.82, 2.24) is 5.32 Å². The van der Waals surface area contributed by atoms with Crippen LogP contribution in [-0.4, -0.2) is 30.8 Å². The summed E-state index contributed by atoms with van der Waals surface area (Å²) in [6.07, 6.45) is 2.89. The van der Waals surface area contributed by atoms with Crippen molar-refractivity contribution in [3.63, 3.8) is 0 Å². The minimum absolute atomic E-state index is 0.0249. The van der Waals surface area contributed by atoms with Gasteiger partial charge in [0, 0.05) is 41.8 Å². The van der Waals surface area contributed by atoms with Gasteiger partial charge in [0.25, 0.3) is 0 Å². The van der Waals surface area contributed by atoms with E-state index in [-0.39, 0.29) is 23.7 Å². The van der Waals surface area contributed by atoms with Crippen LogP contribution in [-0.2, 0) is 14.3 Å². The number of hydrogen-bond donors (Lipinski definition) is 1. The molecule has 0 saturated carbocycles. The van der Waals surface area contributed by atoms with Gasteiger partial charge in [0.2, 0.25) is 5.91 Å². The molecule has 1 spiro atoms. The normalized spacial score (nSPS) is 26.9. The van der Waals surface area contributed by atoms with Gasteiger partial charge < -0.3 is 14.8 Å². The first-order valence-electron chi connectivity index (χ1n) is 7.96. The third kappa shape index (κ3) is 3.82. The van der Waals surface area contributed by atoms with Crippen LogP contribution in [0.5, 0.6) is 0 Å². The molecule has 1 N–H and O–H groups in total. The lowest BCUT2D eigenvalue weighted by atomic mass is 9.81. The van der Waals surface area contributed by atoms with E-state index in [9.17, 15) is 4.79 Å². The van der Waals surface area contributed by atoms with Gasteiger partial charge in [-0.3, -0.25) is 4.79 Å². The molecule has 0 radical (unpaired) electrons. The Morgan fingerprint density at radius 1 is 1.26 bits per heavy atom. The molecule has 1 amide bonds. The number of hydrogen-bond acceptors (Lipinski definition) is 3. The summed E-state index contributed by atoms with van der Waals surface area (Å²) < 4.78 is 12.0. The fourth-order valence-electron chi connectivity index (χ4n) is 3.65. The van der Waals surface area contributed by atoms with Crippen LogP contribution in [0, 0.1) is 0 Å². The van der Waals surface area contributed by atoms with Crippen LogP contribution in [0.2, 0.25) is 10.0 Å². The van der Waals surface area contributed by atoms with Gasteiger partial charge in [0.05, 0.1) is 11.7 Å². The molecule has 6 heteroatoms. The lowest BCUT2D eigenvalue weighted by Gasteiger charge is -2.47. The van der Waals surface area contributed by atoms with E-state index in [0.717, 1.165) is 24.8 Å². The topological polar surface area (TPSA) is 47.6 Å². The number of amides is 1. The Hall–Kier alpha value is -0.810. The van der Waals surface area contributed by atoms with Crippen LogP contribution in [0.15, 0.2) is 18.2 Å². The molecule has 126 valence electrons. The average molecular weight is 358 g/mol. The molecule has 2 atom stereocenters. The smallest absolute Gasteiger partial charge is 0.217 e. The highest BCUT2D eigenvalue weighted by Gasteiger charge is 2.44. The minimum Gasteiger partial charge on any atom is -0.381 e. The van der Waals surface area contributed by atoms with Gasteiger partial charge in [-0.15, -0.1) is 0 Å². The molecule has 23 heavy (non-hydrogen) atoms. The van der Waals surface area contributed by atoms with Crippen LogP contribution < -0.4 is 5.32 Å². The van der Waals surface area contributed by atoms with Crippen LogP contribution in [0.1, 0.15) is 44.3 Å². The lowest BCUT2D eigenvalue weighted by molar-refractivity contribution is -0.178. The van der Waals surface area contributed by atoms with Crippen molar-refractivity contribution in [2.45, 2.75) is 50.4 Å². The third-order valence-electron chi connectivity index (χ3n) is 4.64. The molecule has 0 aliphatic carbocycles. The Kier molecular flexibility index (Phi) is 5.16. The second kappa shape index (κ2) is 6.98. The fraction of sp³-hybridized carbons (Fsp3) is 0.588. The van der Waals surface area contributed by atoms with Crippen molar-refractivity contribution in [2.75, 3.05) is 13.2 Å². The van der Waals surface area contributed by atoms with Gasteiger partial charge in [-0.2, -0.15) is 0 Å². The largest absolute Gasteiger partial charge is 0.381 e. The molecule has 0 bridgehead atoms. The number of carbonyl (C=O) groups excluding carboxylic acids is 1. The quantitative estimate of drug-likeness (QED) is 0.872. The summed E-state index contributed by atoms with van der Waals surface area (Å²) in [6, 6.07) is 5.53. The van der Waals surface area contributed by atoms with Gasteiger partial charge in [-0.1, -0.05) is 29.3 Å². The molecule has 0 unspecified atom stereocenters. The van der Waals surface area contributed by atoms with E-state index >= 15 is 0 Å². The lowest BCUT2D eigenvalue weighted by Crippen LogP contribution is -2.51. The Morgan fingerprint density at radius 2 is 1.91 bits per heavy atom. The molecule has 2 heterocycles. The summed E-state index contributed by atoms with van der Waals surface area (Å²) in [6.45, 7) is 2.90. The standard InChI is InChI=1S/C17H21Cl2NO3/c1-11(21)20-12-9-15(16-13(18)3-2-4-14(16)19)23-17(10-12)5-7-22-8-6-17/h2-4,12,15H,5-10H2,1H3,(H,20,21)/t12-,15-/m1/s1. The molecular weight excluding hydrogens is 337 g/mol. The fourth-order valence-corrected chi connectivity index (χ4v) is 4.29. The molecule has 4 nitrogen and oxygen atoms in total. The predicted molar refractivity (Wildman–Crippen MR) is 89.9 cm³/mol. The first kappa shape index (κ1) is 17.0. The Labute approximate surface area is 146 Å². The Balaban J connectivity index is 1.90. The summed E-state index contributed by atoms with van der Waals surface area (Å²) in [5.41, 5.74) is 0.535. The first-order chi connectivity index (χ1) is 11.0. The summed E-state index contributed by atoms with van der Waals surface area (Å²) >= 11 is 12.7. The van der Waals surface area contributed by atoms with Crippen LogP contribution >= 0.6 is 23.2 Å². The van der Waals surface area contributed by atoms with E-state index in [4.69, 9.17) is 32.7 Å². The number of carbonyl (C=O) groups is 1. The Morgan fingerprint density at radius 3 is 2.52 bits per heavy atom. The maximum Gasteiger partial charge on any atom is 0.217 e. The second-order valence-electron chi connectivity index (χ2n) is 6.37. The minimum atomic E-state index is -0.281. The van der Waals surface area contributed by atoms with Crippen LogP contribution in [0.25, 0.3) is 0 Å². The van der Waals surface area contributed by atoms with Crippen molar-refractivity contribution >= 4 is 29.1 Å². The molecule has 1 aromatic rings. The van der Waals surface area contributed by atoms with Gasteiger partial charge in [-0.05, 0) is 37.8 Å². The van der Waals surface area contributed by atoms with E-state index in [1.54, 1.807) is 6.92 Å². The number of ether oxygens (including phenoxy) is 2. The van der Waals surface area contributed by atoms with E-state index in [2.05, 4.69) is 5.32 Å². The number of rotatable bonds is 2.